The van der Waals surface area contributed by atoms with E-state index in [4.69, 9.17) is 0 Å². The van der Waals surface area contributed by atoms with Crippen molar-refractivity contribution in [3.63, 3.8) is 0 Å². The quantitative estimate of drug-likeness (QED) is 0.790. The van der Waals surface area contributed by atoms with Crippen LogP contribution in [0, 0.1) is 0 Å². The van der Waals surface area contributed by atoms with Crippen LogP contribution in [0.2, 0.25) is 0 Å². The molecule has 1 aliphatic rings. The molecule has 1 aliphatic heterocycles. The number of alkyl halides is 3. The van der Waals surface area contributed by atoms with E-state index in [1.807, 2.05) is 0 Å². The summed E-state index contributed by atoms with van der Waals surface area (Å²) in [5.41, 5.74) is -0.222. The molecular formula is C10H6F3NO2S. The van der Waals surface area contributed by atoms with E-state index in [0.717, 1.165) is 12.1 Å². The lowest BCUT2D eigenvalue weighted by Gasteiger charge is -2.17. The van der Waals surface area contributed by atoms with Gasteiger partial charge in [0.2, 0.25) is 5.91 Å². The zero-order valence-electron chi connectivity index (χ0n) is 8.30. The molecule has 1 amide bonds. The van der Waals surface area contributed by atoms with Crippen LogP contribution in [0.4, 0.5) is 18.9 Å². The Morgan fingerprint density at radius 3 is 2.71 bits per heavy atom. The van der Waals surface area contributed by atoms with Crippen molar-refractivity contribution in [3.05, 3.63) is 23.8 Å². The Morgan fingerprint density at radius 1 is 1.35 bits per heavy atom. The summed E-state index contributed by atoms with van der Waals surface area (Å²) in [5, 5.41) is 2.43. The molecule has 0 saturated heterocycles. The maximum absolute atomic E-state index is 12.2. The first-order chi connectivity index (χ1) is 7.88. The van der Waals surface area contributed by atoms with Gasteiger partial charge in [0.05, 0.1) is 11.4 Å². The smallest absolute Gasteiger partial charge is 0.324 e. The summed E-state index contributed by atoms with van der Waals surface area (Å²) in [7, 11) is 0. The fraction of sp³-hybridized carbons (Fsp3) is 0.200. The van der Waals surface area contributed by atoms with Crippen LogP contribution in [0.5, 0.6) is 0 Å². The van der Waals surface area contributed by atoms with E-state index in [0.29, 0.717) is 4.90 Å². The average molecular weight is 261 g/mol. The lowest BCUT2D eigenvalue weighted by Crippen LogP contribution is -2.24. The Balaban J connectivity index is 2.37. The second-order valence-corrected chi connectivity index (χ2v) is 4.39. The summed E-state index contributed by atoms with van der Waals surface area (Å²) in [5.74, 6) is -1.98. The molecule has 1 aromatic rings. The molecule has 0 spiro atoms. The highest BCUT2D eigenvalue weighted by atomic mass is 32.2. The Bertz CT molecular complexity index is 499. The second kappa shape index (κ2) is 4.06. The molecule has 1 aromatic carbocycles. The van der Waals surface area contributed by atoms with Crippen molar-refractivity contribution in [3.8, 4) is 0 Å². The van der Waals surface area contributed by atoms with E-state index in [2.05, 4.69) is 5.32 Å². The normalized spacial score (nSPS) is 15.1. The van der Waals surface area contributed by atoms with Gasteiger partial charge in [0.25, 0.3) is 5.78 Å². The van der Waals surface area contributed by atoms with Gasteiger partial charge in [-0.2, -0.15) is 13.2 Å². The number of hydrogen-bond donors (Lipinski definition) is 1. The van der Waals surface area contributed by atoms with Crippen molar-refractivity contribution in [2.24, 2.45) is 0 Å². The van der Waals surface area contributed by atoms with Crippen molar-refractivity contribution in [2.45, 2.75) is 11.1 Å². The van der Waals surface area contributed by atoms with Crippen LogP contribution < -0.4 is 5.32 Å². The number of halogens is 3. The van der Waals surface area contributed by atoms with Crippen LogP contribution in [0.25, 0.3) is 0 Å². The van der Waals surface area contributed by atoms with Crippen LogP contribution in [0.15, 0.2) is 23.1 Å². The zero-order chi connectivity index (χ0) is 12.6. The van der Waals surface area contributed by atoms with Gasteiger partial charge in [-0.3, -0.25) is 9.59 Å². The molecule has 0 aromatic heterocycles. The topological polar surface area (TPSA) is 46.2 Å². The number of Topliss-reactive ketones (excluding diaryl/α,β-unsaturated/α-hetero) is 1. The Morgan fingerprint density at radius 2 is 2.06 bits per heavy atom. The number of benzene rings is 1. The van der Waals surface area contributed by atoms with Crippen LogP contribution in [0.1, 0.15) is 10.4 Å². The predicted molar refractivity (Wildman–Crippen MR) is 56.2 cm³/mol. The molecule has 1 N–H and O–H groups in total. The summed E-state index contributed by atoms with van der Waals surface area (Å²) in [6.45, 7) is 0. The lowest BCUT2D eigenvalue weighted by atomic mass is 10.1. The zero-order valence-corrected chi connectivity index (χ0v) is 9.11. The summed E-state index contributed by atoms with van der Waals surface area (Å²) < 4.78 is 36.6. The van der Waals surface area contributed by atoms with Gasteiger partial charge in [-0.25, -0.2) is 0 Å². The van der Waals surface area contributed by atoms with E-state index >= 15 is 0 Å². The molecule has 0 aliphatic carbocycles. The highest BCUT2D eigenvalue weighted by molar-refractivity contribution is 8.00. The Hall–Kier alpha value is -1.50. The second-order valence-electron chi connectivity index (χ2n) is 3.37. The minimum atomic E-state index is -4.90. The maximum atomic E-state index is 12.2. The van der Waals surface area contributed by atoms with Gasteiger partial charge in [-0.05, 0) is 18.2 Å². The van der Waals surface area contributed by atoms with Crippen LogP contribution >= 0.6 is 11.8 Å². The molecule has 2 rings (SSSR count). The molecule has 0 saturated carbocycles. The first-order valence-corrected chi connectivity index (χ1v) is 5.55. The van der Waals surface area contributed by atoms with E-state index in [-0.39, 0.29) is 17.3 Å². The SMILES string of the molecule is O=C1CSc2ccc(C(=O)C(F)(F)F)cc2N1. The number of carbonyl (C=O) groups is 2. The average Bonchev–Trinajstić information content (AvgIpc) is 2.25. The predicted octanol–water partition coefficient (Wildman–Crippen LogP) is 2.48. The van der Waals surface area contributed by atoms with E-state index in [1.54, 1.807) is 0 Å². The van der Waals surface area contributed by atoms with Gasteiger partial charge in [-0.1, -0.05) is 0 Å². The van der Waals surface area contributed by atoms with E-state index in [1.165, 1.54) is 17.8 Å². The number of carbonyl (C=O) groups excluding carboxylic acids is 2. The maximum Gasteiger partial charge on any atom is 0.454 e. The molecule has 0 unspecified atom stereocenters. The van der Waals surface area contributed by atoms with Gasteiger partial charge in [-0.15, -0.1) is 11.8 Å². The third-order valence-corrected chi connectivity index (χ3v) is 3.21. The molecule has 3 nitrogen and oxygen atoms in total. The number of hydrogen-bond acceptors (Lipinski definition) is 3. The minimum absolute atomic E-state index is 0.222. The number of anilines is 1. The number of fused-ring (bicyclic) bond motifs is 1. The highest BCUT2D eigenvalue weighted by Gasteiger charge is 2.39. The van der Waals surface area contributed by atoms with Crippen LogP contribution in [-0.2, 0) is 4.79 Å². The van der Waals surface area contributed by atoms with E-state index in [9.17, 15) is 22.8 Å². The lowest BCUT2D eigenvalue weighted by molar-refractivity contribution is -0.113. The fourth-order valence-electron chi connectivity index (χ4n) is 1.39. The molecule has 0 bridgehead atoms. The molecule has 0 atom stereocenters. The number of thioether (sulfide) groups is 1. The van der Waals surface area contributed by atoms with Crippen molar-refractivity contribution in [1.29, 1.82) is 0 Å². The summed E-state index contributed by atoms with van der Waals surface area (Å²) in [6, 6.07) is 3.56. The molecular weight excluding hydrogens is 255 g/mol. The van der Waals surface area contributed by atoms with Gasteiger partial charge < -0.3 is 5.32 Å². The van der Waals surface area contributed by atoms with Gasteiger partial charge in [0.15, 0.2) is 0 Å². The molecule has 0 radical (unpaired) electrons. The number of amides is 1. The van der Waals surface area contributed by atoms with Crippen molar-refractivity contribution in [2.75, 3.05) is 11.1 Å². The molecule has 90 valence electrons. The van der Waals surface area contributed by atoms with Gasteiger partial charge in [0, 0.05) is 10.5 Å². The van der Waals surface area contributed by atoms with Crippen molar-refractivity contribution < 1.29 is 22.8 Å². The van der Waals surface area contributed by atoms with Gasteiger partial charge >= 0.3 is 6.18 Å². The molecule has 1 heterocycles. The summed E-state index contributed by atoms with van der Waals surface area (Å²) in [6.07, 6.45) is -4.90. The first kappa shape index (κ1) is 12.0. The van der Waals surface area contributed by atoms with Gasteiger partial charge in [0.1, 0.15) is 0 Å². The van der Waals surface area contributed by atoms with E-state index < -0.39 is 17.5 Å². The summed E-state index contributed by atoms with van der Waals surface area (Å²) in [4.78, 5) is 22.7. The minimum Gasteiger partial charge on any atom is -0.324 e. The number of rotatable bonds is 1. The molecule has 17 heavy (non-hydrogen) atoms. The fourth-order valence-corrected chi connectivity index (χ4v) is 2.18. The number of nitrogens with one attached hydrogen (secondary N) is 1. The third kappa shape index (κ3) is 2.44. The highest BCUT2D eigenvalue weighted by Crippen LogP contribution is 2.33. The Kier molecular flexibility index (Phi) is 2.86. The van der Waals surface area contributed by atoms with Crippen molar-refractivity contribution in [1.82, 2.24) is 0 Å². The van der Waals surface area contributed by atoms with Crippen molar-refractivity contribution >= 4 is 29.1 Å². The summed E-state index contributed by atoms with van der Waals surface area (Å²) >= 11 is 1.22. The Labute approximate surface area is 98.4 Å². The van der Waals surface area contributed by atoms with Crippen LogP contribution in [0.3, 0.4) is 0 Å². The third-order valence-electron chi connectivity index (χ3n) is 2.13. The standard InChI is InChI=1S/C10H6F3NO2S/c11-10(12,13)9(16)5-1-2-7-6(3-5)14-8(15)4-17-7/h1-3H,4H2,(H,14,15). The number of ketones is 1. The monoisotopic (exact) mass is 261 g/mol. The molecule has 0 fully saturated rings. The first-order valence-electron chi connectivity index (χ1n) is 4.56. The molecule has 7 heteroatoms. The largest absolute Gasteiger partial charge is 0.454 e. The van der Waals surface area contributed by atoms with Crippen LogP contribution in [-0.4, -0.2) is 23.6 Å².